The van der Waals surface area contributed by atoms with E-state index >= 15 is 0 Å². The number of fused-ring (bicyclic) bond motifs is 9. The van der Waals surface area contributed by atoms with Crippen LogP contribution in [0.5, 0.6) is 0 Å². The molecule has 266 valence electrons. The van der Waals surface area contributed by atoms with E-state index in [4.69, 9.17) is 4.42 Å². The molecule has 0 atom stereocenters. The Morgan fingerprint density at radius 2 is 0.825 bits per heavy atom. The fraction of sp³-hybridized carbons (Fsp3) is 0. The van der Waals surface area contributed by atoms with E-state index in [1.807, 2.05) is 12.1 Å². The molecule has 0 spiro atoms. The fourth-order valence-electron chi connectivity index (χ4n) is 9.15. The van der Waals surface area contributed by atoms with E-state index in [0.717, 1.165) is 38.8 Å². The molecular formula is C54H34N2O. The molecule has 0 aliphatic heterocycles. The van der Waals surface area contributed by atoms with E-state index < -0.39 is 0 Å². The zero-order valence-electron chi connectivity index (χ0n) is 30.9. The van der Waals surface area contributed by atoms with Gasteiger partial charge in [0, 0.05) is 49.3 Å². The third kappa shape index (κ3) is 4.86. The van der Waals surface area contributed by atoms with Gasteiger partial charge in [-0.05, 0) is 88.5 Å². The zero-order chi connectivity index (χ0) is 37.5. The first kappa shape index (κ1) is 31.7. The molecule has 12 rings (SSSR count). The van der Waals surface area contributed by atoms with Gasteiger partial charge in [-0.2, -0.15) is 0 Å². The summed E-state index contributed by atoms with van der Waals surface area (Å²) >= 11 is 0. The Morgan fingerprint density at radius 1 is 0.298 bits per heavy atom. The molecule has 0 radical (unpaired) electrons. The number of benzene rings is 9. The average molecular weight is 727 g/mol. The number of rotatable bonds is 5. The van der Waals surface area contributed by atoms with Gasteiger partial charge in [0.05, 0.1) is 22.1 Å². The number of furan rings is 1. The summed E-state index contributed by atoms with van der Waals surface area (Å²) < 4.78 is 11.1. The van der Waals surface area contributed by atoms with E-state index in [0.29, 0.717) is 0 Å². The molecule has 3 heteroatoms. The van der Waals surface area contributed by atoms with Crippen LogP contribution in [0.15, 0.2) is 211 Å². The highest BCUT2D eigenvalue weighted by Crippen LogP contribution is 2.41. The van der Waals surface area contributed by atoms with Gasteiger partial charge < -0.3 is 13.6 Å². The molecule has 0 unspecified atom stereocenters. The van der Waals surface area contributed by atoms with Crippen LogP contribution in [0.1, 0.15) is 0 Å². The second-order valence-corrected chi connectivity index (χ2v) is 14.9. The van der Waals surface area contributed by atoms with Gasteiger partial charge in [-0.15, -0.1) is 0 Å². The van der Waals surface area contributed by atoms with E-state index in [9.17, 15) is 0 Å². The van der Waals surface area contributed by atoms with Gasteiger partial charge in [0.25, 0.3) is 0 Å². The summed E-state index contributed by atoms with van der Waals surface area (Å²) in [4.78, 5) is 0. The Kier molecular flexibility index (Phi) is 6.93. The fourth-order valence-corrected chi connectivity index (χ4v) is 9.15. The Balaban J connectivity index is 0.926. The first-order valence-electron chi connectivity index (χ1n) is 19.5. The van der Waals surface area contributed by atoms with Crippen molar-refractivity contribution in [3.8, 4) is 44.8 Å². The Hall–Kier alpha value is -7.62. The zero-order valence-corrected chi connectivity index (χ0v) is 30.9. The number of para-hydroxylation sites is 5. The van der Waals surface area contributed by atoms with E-state index in [1.54, 1.807) is 0 Å². The first-order chi connectivity index (χ1) is 28.3. The van der Waals surface area contributed by atoms with E-state index in [-0.39, 0.29) is 0 Å². The summed E-state index contributed by atoms with van der Waals surface area (Å²) in [6, 6.07) is 74.4. The summed E-state index contributed by atoms with van der Waals surface area (Å²) in [5.74, 6) is 0. The lowest BCUT2D eigenvalue weighted by Gasteiger charge is -2.11. The van der Waals surface area contributed by atoms with Crippen molar-refractivity contribution in [2.45, 2.75) is 0 Å². The van der Waals surface area contributed by atoms with Crippen molar-refractivity contribution in [3.05, 3.63) is 206 Å². The third-order valence-electron chi connectivity index (χ3n) is 11.8. The van der Waals surface area contributed by atoms with Gasteiger partial charge in [-0.1, -0.05) is 146 Å². The summed E-state index contributed by atoms with van der Waals surface area (Å²) in [6.07, 6.45) is 0. The van der Waals surface area contributed by atoms with Crippen molar-refractivity contribution >= 4 is 65.6 Å². The van der Waals surface area contributed by atoms with Crippen molar-refractivity contribution in [3.63, 3.8) is 0 Å². The van der Waals surface area contributed by atoms with Crippen LogP contribution in [0.4, 0.5) is 0 Å². The van der Waals surface area contributed by atoms with Crippen LogP contribution in [0.2, 0.25) is 0 Å². The molecule has 0 saturated carbocycles. The number of hydrogen-bond donors (Lipinski definition) is 0. The van der Waals surface area contributed by atoms with Gasteiger partial charge in [-0.25, -0.2) is 0 Å². The van der Waals surface area contributed by atoms with Crippen LogP contribution in [0.25, 0.3) is 110 Å². The lowest BCUT2D eigenvalue weighted by atomic mass is 9.96. The minimum Gasteiger partial charge on any atom is -0.455 e. The highest BCUT2D eigenvalue weighted by Gasteiger charge is 2.18. The smallest absolute Gasteiger partial charge is 0.143 e. The molecule has 0 fully saturated rings. The van der Waals surface area contributed by atoms with Gasteiger partial charge in [0.1, 0.15) is 11.2 Å². The quantitative estimate of drug-likeness (QED) is 0.173. The largest absolute Gasteiger partial charge is 0.455 e. The molecule has 9 aromatic carbocycles. The molecule has 0 aliphatic rings. The van der Waals surface area contributed by atoms with Gasteiger partial charge in [0.2, 0.25) is 0 Å². The number of aromatic nitrogens is 2. The van der Waals surface area contributed by atoms with Crippen LogP contribution in [0, 0.1) is 0 Å². The summed E-state index contributed by atoms with van der Waals surface area (Å²) in [6.45, 7) is 0. The van der Waals surface area contributed by atoms with Gasteiger partial charge in [0.15, 0.2) is 0 Å². The average Bonchev–Trinajstić information content (AvgIpc) is 3.95. The van der Waals surface area contributed by atoms with E-state index in [1.165, 1.54) is 71.6 Å². The Labute approximate surface area is 328 Å². The minimum atomic E-state index is 0.915. The summed E-state index contributed by atoms with van der Waals surface area (Å²) in [5.41, 5.74) is 16.0. The highest BCUT2D eigenvalue weighted by atomic mass is 16.3. The molecule has 0 N–H and O–H groups in total. The van der Waals surface area contributed by atoms with Crippen LogP contribution in [-0.4, -0.2) is 9.13 Å². The topological polar surface area (TPSA) is 23.0 Å². The SMILES string of the molecule is c1ccc(-n2c3ccccc3c3c(-c4ccc(-c5ccc6c(c5)c5ccccc5n6-c5ccc(-c6cccc7c6oc6ccccc67)cc5)cc4)cccc32)cc1. The third-order valence-corrected chi connectivity index (χ3v) is 11.8. The van der Waals surface area contributed by atoms with Gasteiger partial charge in [-0.3, -0.25) is 0 Å². The molecule has 0 saturated heterocycles. The molecule has 57 heavy (non-hydrogen) atoms. The molecular weight excluding hydrogens is 693 g/mol. The monoisotopic (exact) mass is 726 g/mol. The predicted molar refractivity (Wildman–Crippen MR) is 239 cm³/mol. The molecule has 12 aromatic rings. The molecule has 3 heterocycles. The summed E-state index contributed by atoms with van der Waals surface area (Å²) in [5, 5.41) is 7.30. The second kappa shape index (κ2) is 12.5. The molecule has 3 nitrogen and oxygen atoms in total. The lowest BCUT2D eigenvalue weighted by Crippen LogP contribution is -1.93. The second-order valence-electron chi connectivity index (χ2n) is 14.9. The maximum atomic E-state index is 6.37. The Morgan fingerprint density at radius 3 is 1.65 bits per heavy atom. The van der Waals surface area contributed by atoms with Crippen molar-refractivity contribution in [1.82, 2.24) is 9.13 Å². The van der Waals surface area contributed by atoms with Crippen molar-refractivity contribution in [2.24, 2.45) is 0 Å². The minimum absolute atomic E-state index is 0.915. The first-order valence-corrected chi connectivity index (χ1v) is 19.5. The van der Waals surface area contributed by atoms with Crippen LogP contribution < -0.4 is 0 Å². The maximum Gasteiger partial charge on any atom is 0.143 e. The van der Waals surface area contributed by atoms with Crippen molar-refractivity contribution < 1.29 is 4.42 Å². The van der Waals surface area contributed by atoms with Gasteiger partial charge >= 0.3 is 0 Å². The predicted octanol–water partition coefficient (Wildman–Crippen LogP) is 14.8. The van der Waals surface area contributed by atoms with Crippen LogP contribution >= 0.6 is 0 Å². The standard InChI is InChI=1S/C54H34N2O/c1-2-12-39(13-3-1)56-49-21-8-5-16-46(49)53-41(17-11-22-51(53)56)36-26-24-35(25-27-36)38-30-33-50-47(34-38)43-14-4-7-20-48(43)55(50)40-31-28-37(29-32-40)42-18-10-19-45-44-15-6-9-23-52(44)57-54(42)45/h1-34H. The molecule has 0 aliphatic carbocycles. The van der Waals surface area contributed by atoms with Crippen LogP contribution in [-0.2, 0) is 0 Å². The lowest BCUT2D eigenvalue weighted by molar-refractivity contribution is 0.670. The van der Waals surface area contributed by atoms with Crippen molar-refractivity contribution in [2.75, 3.05) is 0 Å². The molecule has 0 amide bonds. The van der Waals surface area contributed by atoms with Crippen molar-refractivity contribution in [1.29, 1.82) is 0 Å². The Bertz CT molecular complexity index is 3490. The van der Waals surface area contributed by atoms with E-state index in [2.05, 4.69) is 203 Å². The molecule has 0 bridgehead atoms. The highest BCUT2D eigenvalue weighted by molar-refractivity contribution is 6.16. The maximum absolute atomic E-state index is 6.37. The molecule has 3 aromatic heterocycles. The van der Waals surface area contributed by atoms with Crippen LogP contribution in [0.3, 0.4) is 0 Å². The summed E-state index contributed by atoms with van der Waals surface area (Å²) in [7, 11) is 0. The normalized spacial score (nSPS) is 11.9. The number of nitrogens with zero attached hydrogens (tertiary/aromatic N) is 2. The number of hydrogen-bond acceptors (Lipinski definition) is 1.